The normalized spacial score (nSPS) is 19.7. The van der Waals surface area contributed by atoms with E-state index >= 15 is 0 Å². The lowest BCUT2D eigenvalue weighted by Crippen LogP contribution is -2.29. The van der Waals surface area contributed by atoms with Gasteiger partial charge in [-0.25, -0.2) is 9.13 Å². The number of rotatable bonds is 39. The first-order valence-electron chi connectivity index (χ1n) is 23.4. The van der Waals surface area contributed by atoms with Gasteiger partial charge in [-0.2, -0.15) is 0 Å². The highest BCUT2D eigenvalue weighted by atomic mass is 31.2. The van der Waals surface area contributed by atoms with E-state index in [-0.39, 0.29) is 36.9 Å². The van der Waals surface area contributed by atoms with Crippen LogP contribution in [0.3, 0.4) is 0 Å². The molecule has 0 radical (unpaired) electrons. The number of esters is 2. The summed E-state index contributed by atoms with van der Waals surface area (Å²) in [7, 11) is -9.80. The van der Waals surface area contributed by atoms with Gasteiger partial charge >= 0.3 is 27.6 Å². The van der Waals surface area contributed by atoms with Crippen LogP contribution in [0.1, 0.15) is 136 Å². The number of phosphoric ester groups is 2. The highest BCUT2D eigenvalue weighted by Crippen LogP contribution is 2.44. The zero-order valence-electron chi connectivity index (χ0n) is 39.0. The molecule has 0 aliphatic heterocycles. The fraction of sp³-hybridized carbons (Fsp3) is 0.646. The number of phosphoric acid groups is 2. The number of hydrogen-bond acceptors (Lipinski definition) is 13. The van der Waals surface area contributed by atoms with Crippen LogP contribution in [0, 0.1) is 11.8 Å². The van der Waals surface area contributed by atoms with Crippen molar-refractivity contribution in [3.8, 4) is 0 Å². The van der Waals surface area contributed by atoms with Crippen LogP contribution in [-0.4, -0.2) is 98.6 Å². The molecule has 66 heavy (non-hydrogen) atoms. The molecule has 1 aliphatic rings. The Balaban J connectivity index is 2.57. The van der Waals surface area contributed by atoms with E-state index < -0.39 is 78.4 Å². The molecule has 1 saturated carbocycles. The van der Waals surface area contributed by atoms with E-state index in [0.29, 0.717) is 44.9 Å². The van der Waals surface area contributed by atoms with E-state index in [9.17, 15) is 43.7 Å². The van der Waals surface area contributed by atoms with E-state index in [4.69, 9.17) is 23.8 Å². The first-order valence-corrected chi connectivity index (χ1v) is 26.4. The van der Waals surface area contributed by atoms with Gasteiger partial charge in [-0.1, -0.05) is 137 Å². The Kier molecular flexibility index (Phi) is 34.9. The quantitative estimate of drug-likeness (QED) is 0.0145. The van der Waals surface area contributed by atoms with Crippen molar-refractivity contribution in [3.05, 3.63) is 85.1 Å². The maximum absolute atomic E-state index is 12.7. The predicted octanol–water partition coefficient (Wildman–Crippen LogP) is 8.93. The average molecular weight is 973 g/mol. The second-order valence-electron chi connectivity index (χ2n) is 16.1. The molecule has 0 saturated heterocycles. The second kappa shape index (κ2) is 37.8. The Hall–Kier alpha value is -3.11. The van der Waals surface area contributed by atoms with Gasteiger partial charge in [0.25, 0.3) is 0 Å². The van der Waals surface area contributed by atoms with Crippen LogP contribution < -0.4 is 0 Å². The Morgan fingerprint density at radius 1 is 0.682 bits per heavy atom. The third kappa shape index (κ3) is 34.2. The van der Waals surface area contributed by atoms with E-state index in [0.717, 1.165) is 57.8 Å². The monoisotopic (exact) mass is 972 g/mol. The molecule has 6 N–H and O–H groups in total. The van der Waals surface area contributed by atoms with E-state index in [2.05, 4.69) is 71.5 Å². The summed E-state index contributed by atoms with van der Waals surface area (Å²) in [4.78, 5) is 65.6. The van der Waals surface area contributed by atoms with E-state index in [1.54, 1.807) is 12.2 Å². The number of allylic oxidation sites excluding steroid dienone is 12. The van der Waals surface area contributed by atoms with Crippen LogP contribution in [0.25, 0.3) is 0 Å². The van der Waals surface area contributed by atoms with Crippen LogP contribution in [0.15, 0.2) is 85.1 Å². The summed E-state index contributed by atoms with van der Waals surface area (Å²) in [5, 5.41) is 30.5. The molecular formula is C48H78O16P2. The number of Topliss-reactive ketones (excluding diaryl/α,β-unsaturated/α-hetero) is 1. The molecule has 376 valence electrons. The van der Waals surface area contributed by atoms with Crippen molar-refractivity contribution in [1.29, 1.82) is 0 Å². The Morgan fingerprint density at radius 3 is 1.83 bits per heavy atom. The lowest BCUT2D eigenvalue weighted by atomic mass is 9.88. The maximum Gasteiger partial charge on any atom is 0.472 e. The summed E-state index contributed by atoms with van der Waals surface area (Å²) >= 11 is 0. The largest absolute Gasteiger partial charge is 0.472 e. The molecule has 0 bridgehead atoms. The minimum Gasteiger partial charge on any atom is -0.462 e. The summed E-state index contributed by atoms with van der Waals surface area (Å²) in [6.45, 7) is 1.18. The van der Waals surface area contributed by atoms with Crippen molar-refractivity contribution in [3.63, 3.8) is 0 Å². The maximum atomic E-state index is 12.7. The van der Waals surface area contributed by atoms with E-state index in [1.807, 2.05) is 24.3 Å². The second-order valence-corrected chi connectivity index (χ2v) is 18.8. The van der Waals surface area contributed by atoms with Crippen LogP contribution in [0.4, 0.5) is 0 Å². The molecule has 1 aliphatic carbocycles. The number of unbranched alkanes of at least 4 members (excludes halogenated alkanes) is 5. The first-order chi connectivity index (χ1) is 31.6. The number of carbonyl (C=O) groups is 3. The molecule has 0 heterocycles. The molecule has 18 heteroatoms. The van der Waals surface area contributed by atoms with Crippen LogP contribution in [-0.2, 0) is 46.6 Å². The standard InChI is InChI=1S/C48H78O16P2/c1-3-5-7-8-9-10-11-12-13-14-15-16-17-18-19-20-21-22-28-32-48(54)64-42(39-63-66(58,59)62-37-41(50)36-61-65(55,56)57)38-60-47(53)31-27-24-23-26-30-43-44(46(52)35-45(43)51)34-33-40(49)29-25-6-4-2/h5,7,9-10,12-13,15-16,18-19,21-22,33-34,40-44,46,49-50,52H,3-4,6,8,11,14,17,20,23-32,35-39H2,1-2H3,(H,58,59)(H2,55,56,57)/b7-5-,10-9-,13-12-,16-15-,19-18-,22-21-,34-33+/t40-,41-,42+,43+,44+,46+/m0/s1. The molecule has 0 aromatic heterocycles. The third-order valence-corrected chi connectivity index (χ3v) is 11.6. The molecule has 0 amide bonds. The predicted molar refractivity (Wildman–Crippen MR) is 254 cm³/mol. The fourth-order valence-corrected chi connectivity index (χ4v) is 7.78. The average Bonchev–Trinajstić information content (AvgIpc) is 3.54. The topological polar surface area (TPSA) is 253 Å². The summed E-state index contributed by atoms with van der Waals surface area (Å²) in [5.74, 6) is -1.97. The number of carbonyl (C=O) groups excluding carboxylic acids is 3. The Labute approximate surface area is 392 Å². The van der Waals surface area contributed by atoms with Crippen molar-refractivity contribution in [2.75, 3.05) is 26.4 Å². The molecule has 7 atom stereocenters. The molecule has 0 spiro atoms. The van der Waals surface area contributed by atoms with Gasteiger partial charge < -0.3 is 39.5 Å². The minimum absolute atomic E-state index is 0.00336. The number of aliphatic hydroxyl groups excluding tert-OH is 3. The highest BCUT2D eigenvalue weighted by Gasteiger charge is 2.39. The molecule has 1 rings (SSSR count). The summed E-state index contributed by atoms with van der Waals surface area (Å²) in [6.07, 6.45) is 36.3. The van der Waals surface area contributed by atoms with Gasteiger partial charge in [-0.3, -0.25) is 28.0 Å². The lowest BCUT2D eigenvalue weighted by molar-refractivity contribution is -0.161. The SMILES string of the molecule is CC/C=C\C/C=C\C/C=C\C/C=C\C/C=C\C/C=C\CCC(=O)O[C@H](COC(=O)CCCCCC[C@H]1C(=O)C[C@@H](O)[C@@H]1/C=C/[C@@H](O)CCCCC)COP(=O)(O)OC[C@@H](O)COP(=O)(O)O. The van der Waals surface area contributed by atoms with Gasteiger partial charge in [-0.15, -0.1) is 0 Å². The summed E-state index contributed by atoms with van der Waals surface area (Å²) < 4.78 is 47.8. The van der Waals surface area contributed by atoms with Gasteiger partial charge in [0.05, 0.1) is 32.0 Å². The molecule has 16 nitrogen and oxygen atoms in total. The zero-order chi connectivity index (χ0) is 48.9. The summed E-state index contributed by atoms with van der Waals surface area (Å²) in [5.41, 5.74) is 0. The molecule has 0 aromatic rings. The molecular weight excluding hydrogens is 894 g/mol. The van der Waals surface area contributed by atoms with Gasteiger partial charge in [0.1, 0.15) is 18.5 Å². The van der Waals surface area contributed by atoms with Gasteiger partial charge in [0.2, 0.25) is 0 Å². The van der Waals surface area contributed by atoms with Gasteiger partial charge in [0, 0.05) is 31.1 Å². The number of aliphatic hydroxyl groups is 3. The fourth-order valence-electron chi connectivity index (χ4n) is 6.62. The molecule has 1 unspecified atom stereocenters. The third-order valence-electron chi connectivity index (χ3n) is 10.2. The Bertz CT molecular complexity index is 1650. The minimum atomic E-state index is -4.91. The molecule has 1 fully saturated rings. The number of ketones is 1. The van der Waals surface area contributed by atoms with Crippen LogP contribution >= 0.6 is 15.6 Å². The van der Waals surface area contributed by atoms with Crippen LogP contribution in [0.5, 0.6) is 0 Å². The first kappa shape index (κ1) is 60.9. The summed E-state index contributed by atoms with van der Waals surface area (Å²) in [6, 6.07) is 0. The number of ether oxygens (including phenoxy) is 2. The highest BCUT2D eigenvalue weighted by molar-refractivity contribution is 7.47. The zero-order valence-corrected chi connectivity index (χ0v) is 40.8. The smallest absolute Gasteiger partial charge is 0.462 e. The van der Waals surface area contributed by atoms with Crippen molar-refractivity contribution in [1.82, 2.24) is 0 Å². The molecule has 0 aromatic carbocycles. The van der Waals surface area contributed by atoms with Gasteiger partial charge in [-0.05, 0) is 64.2 Å². The Morgan fingerprint density at radius 2 is 1.24 bits per heavy atom. The van der Waals surface area contributed by atoms with Crippen LogP contribution in [0.2, 0.25) is 0 Å². The van der Waals surface area contributed by atoms with Crippen molar-refractivity contribution in [2.45, 2.75) is 160 Å². The van der Waals surface area contributed by atoms with Gasteiger partial charge in [0.15, 0.2) is 6.10 Å². The van der Waals surface area contributed by atoms with E-state index in [1.165, 1.54) is 0 Å². The van der Waals surface area contributed by atoms with Crippen molar-refractivity contribution >= 4 is 33.4 Å². The van der Waals surface area contributed by atoms with Crippen molar-refractivity contribution < 1.29 is 76.6 Å². The lowest BCUT2D eigenvalue weighted by Gasteiger charge is -2.20. The number of hydrogen-bond donors (Lipinski definition) is 6. The van der Waals surface area contributed by atoms with Crippen molar-refractivity contribution in [2.24, 2.45) is 11.8 Å².